The van der Waals surface area contributed by atoms with Crippen molar-refractivity contribution in [2.75, 3.05) is 27.4 Å². The number of alkyl carbamates (subject to hydrolysis) is 1. The number of carbonyl (C=O) groups excluding carboxylic acids is 3. The maximum atomic E-state index is 12.3. The van der Waals surface area contributed by atoms with Crippen LogP contribution in [0.15, 0.2) is 29.4 Å². The minimum Gasteiger partial charge on any atom is -0.481 e. The minimum absolute atomic E-state index is 0.0221. The number of hydrogen-bond donors (Lipinski definition) is 3. The van der Waals surface area contributed by atoms with Gasteiger partial charge in [-0.05, 0) is 24.1 Å². The highest BCUT2D eigenvalue weighted by Crippen LogP contribution is 2.19. The van der Waals surface area contributed by atoms with Crippen LogP contribution in [0.5, 0.6) is 0 Å². The van der Waals surface area contributed by atoms with Crippen molar-refractivity contribution >= 4 is 29.6 Å². The van der Waals surface area contributed by atoms with Crippen LogP contribution in [0.3, 0.4) is 0 Å². The first-order chi connectivity index (χ1) is 15.9. The second-order valence-electron chi connectivity index (χ2n) is 7.30. The number of nitrogens with zero attached hydrogens (tertiary/aromatic N) is 1. The zero-order chi connectivity index (χ0) is 24.2. The molecule has 0 saturated carbocycles. The molecule has 1 aliphatic rings. The van der Waals surface area contributed by atoms with Crippen molar-refractivity contribution in [3.05, 3.63) is 35.4 Å². The molecule has 0 fully saturated rings. The third kappa shape index (κ3) is 8.09. The monoisotopic (exact) mass is 462 g/mol. The lowest BCUT2D eigenvalue weighted by Gasteiger charge is -2.17. The lowest BCUT2D eigenvalue weighted by atomic mass is 10.0. The van der Waals surface area contributed by atoms with E-state index in [1.807, 2.05) is 6.92 Å². The van der Waals surface area contributed by atoms with Gasteiger partial charge in [0.25, 0.3) is 0 Å². The van der Waals surface area contributed by atoms with Crippen LogP contribution in [0.2, 0.25) is 0 Å². The molecule has 11 heteroatoms. The molecule has 0 radical (unpaired) electrons. The molecule has 0 bridgehead atoms. The maximum Gasteiger partial charge on any atom is 0.407 e. The molecule has 11 nitrogen and oxygen atoms in total. The van der Waals surface area contributed by atoms with E-state index in [0.29, 0.717) is 24.1 Å². The number of unbranched alkanes of at least 4 members (excludes halogenated alkanes) is 1. The normalized spacial score (nSPS) is 15.5. The van der Waals surface area contributed by atoms with Crippen molar-refractivity contribution in [1.82, 2.24) is 10.6 Å². The molecule has 1 aromatic carbocycles. The number of esters is 1. The standard InChI is InChI=1S/C22H30N4O7/c1-4-5-10-32-22(29)25-18(21(28)31-3)13-24-19(27)12-16-11-17(26-33-16)14-6-8-15(9-7-14)20(23)30-2/h6-9,16,18,23H,4-5,10-13H2,1-3H3,(H,24,27)(H,25,29)/t16-,18+/m1/s1. The Hall–Kier alpha value is -3.63. The summed E-state index contributed by atoms with van der Waals surface area (Å²) in [4.78, 5) is 41.4. The van der Waals surface area contributed by atoms with Gasteiger partial charge in [0.1, 0.15) is 12.1 Å². The first-order valence-corrected chi connectivity index (χ1v) is 10.6. The molecule has 0 aliphatic carbocycles. The molecular weight excluding hydrogens is 432 g/mol. The Balaban J connectivity index is 1.80. The number of oxime groups is 1. The average molecular weight is 463 g/mol. The zero-order valence-corrected chi connectivity index (χ0v) is 19.0. The summed E-state index contributed by atoms with van der Waals surface area (Å²) in [6.07, 6.45) is 0.810. The molecule has 0 aromatic heterocycles. The van der Waals surface area contributed by atoms with Gasteiger partial charge < -0.3 is 29.7 Å². The third-order valence-electron chi connectivity index (χ3n) is 4.84. The van der Waals surface area contributed by atoms with E-state index in [0.717, 1.165) is 12.0 Å². The highest BCUT2D eigenvalue weighted by Gasteiger charge is 2.27. The molecule has 0 saturated heterocycles. The fraction of sp³-hybridized carbons (Fsp3) is 0.500. The Morgan fingerprint density at radius 2 is 1.94 bits per heavy atom. The van der Waals surface area contributed by atoms with Crippen LogP contribution in [-0.4, -0.2) is 69.1 Å². The quantitative estimate of drug-likeness (QED) is 0.196. The summed E-state index contributed by atoms with van der Waals surface area (Å²) in [6, 6.07) is 6.03. The number of nitrogens with one attached hydrogen (secondary N) is 3. The minimum atomic E-state index is -1.08. The van der Waals surface area contributed by atoms with Crippen LogP contribution >= 0.6 is 0 Å². The van der Waals surface area contributed by atoms with Gasteiger partial charge in [-0.2, -0.15) is 0 Å². The molecule has 33 heavy (non-hydrogen) atoms. The molecule has 180 valence electrons. The molecule has 0 unspecified atom stereocenters. The predicted molar refractivity (Wildman–Crippen MR) is 119 cm³/mol. The summed E-state index contributed by atoms with van der Waals surface area (Å²) in [7, 11) is 2.63. The van der Waals surface area contributed by atoms with E-state index in [4.69, 9.17) is 19.7 Å². The van der Waals surface area contributed by atoms with E-state index >= 15 is 0 Å². The van der Waals surface area contributed by atoms with Crippen molar-refractivity contribution in [2.24, 2.45) is 5.16 Å². The summed E-state index contributed by atoms with van der Waals surface area (Å²) in [5.41, 5.74) is 2.15. The lowest BCUT2D eigenvalue weighted by molar-refractivity contribution is -0.143. The van der Waals surface area contributed by atoms with Crippen molar-refractivity contribution in [1.29, 1.82) is 5.41 Å². The molecule has 2 rings (SSSR count). The van der Waals surface area contributed by atoms with Gasteiger partial charge in [0.15, 0.2) is 0 Å². The first-order valence-electron chi connectivity index (χ1n) is 10.6. The Kier molecular flexibility index (Phi) is 10.1. The molecule has 0 spiro atoms. The van der Waals surface area contributed by atoms with Crippen LogP contribution in [0.1, 0.15) is 43.7 Å². The number of ether oxygens (including phenoxy) is 3. The third-order valence-corrected chi connectivity index (χ3v) is 4.84. The number of hydrogen-bond acceptors (Lipinski definition) is 9. The van der Waals surface area contributed by atoms with Crippen molar-refractivity contribution in [3.8, 4) is 0 Å². The van der Waals surface area contributed by atoms with E-state index in [1.165, 1.54) is 14.2 Å². The number of methoxy groups -OCH3 is 2. The Morgan fingerprint density at radius 1 is 1.21 bits per heavy atom. The van der Waals surface area contributed by atoms with Crippen molar-refractivity contribution in [2.45, 2.75) is 44.8 Å². The fourth-order valence-corrected chi connectivity index (χ4v) is 2.96. The molecule has 2 amide bonds. The average Bonchev–Trinajstić information content (AvgIpc) is 3.29. The van der Waals surface area contributed by atoms with E-state index in [-0.39, 0.29) is 31.4 Å². The van der Waals surface area contributed by atoms with E-state index in [2.05, 4.69) is 20.5 Å². The van der Waals surface area contributed by atoms with E-state index in [1.54, 1.807) is 24.3 Å². The highest BCUT2D eigenvalue weighted by molar-refractivity contribution is 6.02. The van der Waals surface area contributed by atoms with Gasteiger partial charge in [0.05, 0.1) is 33.0 Å². The van der Waals surface area contributed by atoms with Crippen LogP contribution in [-0.2, 0) is 28.6 Å². The summed E-state index contributed by atoms with van der Waals surface area (Å²) in [6.45, 7) is 2.05. The largest absolute Gasteiger partial charge is 0.481 e. The van der Waals surface area contributed by atoms with Crippen LogP contribution < -0.4 is 10.6 Å². The topological polar surface area (TPSA) is 148 Å². The molecule has 1 aliphatic heterocycles. The SMILES string of the molecule is CCCCOC(=O)N[C@@H](CNC(=O)C[C@H]1CC(c2ccc(C(=N)OC)cc2)=NO1)C(=O)OC. The van der Waals surface area contributed by atoms with Gasteiger partial charge in [-0.25, -0.2) is 9.59 Å². The number of amides is 2. The van der Waals surface area contributed by atoms with Gasteiger partial charge >= 0.3 is 12.1 Å². The van der Waals surface area contributed by atoms with Crippen molar-refractivity contribution in [3.63, 3.8) is 0 Å². The first kappa shape index (κ1) is 25.6. The maximum absolute atomic E-state index is 12.3. The lowest BCUT2D eigenvalue weighted by Crippen LogP contribution is -2.49. The van der Waals surface area contributed by atoms with E-state index in [9.17, 15) is 14.4 Å². The number of benzene rings is 1. The Labute approximate surface area is 192 Å². The smallest absolute Gasteiger partial charge is 0.407 e. The van der Waals surface area contributed by atoms with Gasteiger partial charge in [0.2, 0.25) is 11.8 Å². The number of rotatable bonds is 11. The summed E-state index contributed by atoms with van der Waals surface area (Å²) >= 11 is 0. The van der Waals surface area contributed by atoms with Crippen LogP contribution in [0, 0.1) is 5.41 Å². The second-order valence-corrected chi connectivity index (χ2v) is 7.30. The summed E-state index contributed by atoms with van der Waals surface area (Å²) in [5, 5.41) is 16.7. The van der Waals surface area contributed by atoms with Gasteiger partial charge in [-0.3, -0.25) is 10.2 Å². The van der Waals surface area contributed by atoms with Crippen molar-refractivity contribution < 1.29 is 33.4 Å². The summed E-state index contributed by atoms with van der Waals surface area (Å²) in [5.74, 6) is -0.999. The van der Waals surface area contributed by atoms with Gasteiger partial charge in [-0.1, -0.05) is 30.6 Å². The zero-order valence-electron chi connectivity index (χ0n) is 19.0. The molecule has 2 atom stereocenters. The van der Waals surface area contributed by atoms with Gasteiger partial charge in [-0.15, -0.1) is 0 Å². The molecular formula is C22H30N4O7. The predicted octanol–water partition coefficient (Wildman–Crippen LogP) is 1.73. The second kappa shape index (κ2) is 13.0. The number of carbonyl (C=O) groups is 3. The molecule has 1 heterocycles. The Morgan fingerprint density at radius 3 is 2.58 bits per heavy atom. The fourth-order valence-electron chi connectivity index (χ4n) is 2.96. The van der Waals surface area contributed by atoms with Crippen LogP contribution in [0.25, 0.3) is 0 Å². The van der Waals surface area contributed by atoms with E-state index < -0.39 is 24.2 Å². The Bertz CT molecular complexity index is 870. The molecule has 1 aromatic rings. The molecule has 3 N–H and O–H groups in total. The van der Waals surface area contributed by atoms with Crippen LogP contribution in [0.4, 0.5) is 4.79 Å². The highest BCUT2D eigenvalue weighted by atomic mass is 16.6. The van der Waals surface area contributed by atoms with Gasteiger partial charge in [0, 0.05) is 18.5 Å². The summed E-state index contributed by atoms with van der Waals surface area (Å²) < 4.78 is 14.5.